The molecule has 0 bridgehead atoms. The number of ketones is 2. The number of nitrogens with one attached hydrogen (secondary N) is 1. The number of nitrogens with zero attached hydrogens (tertiary/aromatic N) is 2. The maximum Gasteiger partial charge on any atom is 0.220 e. The maximum absolute atomic E-state index is 13.4. The van der Waals surface area contributed by atoms with Crippen LogP contribution in [0.25, 0.3) is 32.6 Å². The fourth-order valence-corrected chi connectivity index (χ4v) is 6.04. The summed E-state index contributed by atoms with van der Waals surface area (Å²) in [7, 11) is 1.60. The van der Waals surface area contributed by atoms with Gasteiger partial charge in [0.2, 0.25) is 5.91 Å². The van der Waals surface area contributed by atoms with E-state index in [0.29, 0.717) is 74.7 Å². The summed E-state index contributed by atoms with van der Waals surface area (Å²) in [6.45, 7) is 8.57. The standard InChI is InChI=1S/C39H45N3O7/c1-6-24(2)39(45)30(13-10-25(3)43)32-22-49-34-15-11-27-19-28(12-14-29(27)38(32)34)47-18-16-40-37(44)9-7-8-17-48-36-20-31-26(4)41-23-42-33(31)21-35(36)46-5/h11-12,14-15,19-24,30H,6-10,13,16-18H2,1-5H3,(H,40,44). The highest BCUT2D eigenvalue weighted by Gasteiger charge is 2.28. The van der Waals surface area contributed by atoms with Crippen LogP contribution in [0, 0.1) is 12.8 Å². The van der Waals surface area contributed by atoms with Gasteiger partial charge < -0.3 is 28.7 Å². The number of aryl methyl sites for hydroxylation is 1. The summed E-state index contributed by atoms with van der Waals surface area (Å²) in [6.07, 6.45) is 6.51. The summed E-state index contributed by atoms with van der Waals surface area (Å²) in [6, 6.07) is 13.4. The predicted molar refractivity (Wildman–Crippen MR) is 190 cm³/mol. The number of furan rings is 1. The van der Waals surface area contributed by atoms with Crippen LogP contribution in [0.2, 0.25) is 0 Å². The van der Waals surface area contributed by atoms with Crippen molar-refractivity contribution in [3.8, 4) is 17.2 Å². The second-order valence-electron chi connectivity index (χ2n) is 12.5. The molecule has 3 aromatic carbocycles. The third-order valence-electron chi connectivity index (χ3n) is 9.03. The SMILES string of the molecule is CCC(C)C(=O)C(CCC(C)=O)c1coc2ccc3cc(OCCNC(=O)CCCCOc4cc5c(C)ncnc5cc4OC)ccc3c12. The van der Waals surface area contributed by atoms with E-state index >= 15 is 0 Å². The third-order valence-corrected chi connectivity index (χ3v) is 9.03. The fraction of sp³-hybridized carbons (Fsp3) is 0.410. The number of aromatic nitrogens is 2. The van der Waals surface area contributed by atoms with Gasteiger partial charge in [0.05, 0.1) is 32.0 Å². The zero-order valence-corrected chi connectivity index (χ0v) is 29.0. The first-order valence-corrected chi connectivity index (χ1v) is 17.0. The van der Waals surface area contributed by atoms with Gasteiger partial charge >= 0.3 is 0 Å². The van der Waals surface area contributed by atoms with Crippen LogP contribution >= 0.6 is 0 Å². The van der Waals surface area contributed by atoms with Crippen molar-refractivity contribution in [3.63, 3.8) is 0 Å². The van der Waals surface area contributed by atoms with Gasteiger partial charge in [0.15, 0.2) is 11.5 Å². The molecule has 0 aliphatic heterocycles. The number of fused-ring (bicyclic) bond motifs is 4. The molecule has 1 amide bonds. The van der Waals surface area contributed by atoms with Gasteiger partial charge in [-0.1, -0.05) is 19.9 Å². The van der Waals surface area contributed by atoms with Crippen LogP contribution < -0.4 is 19.5 Å². The van der Waals surface area contributed by atoms with E-state index in [1.807, 2.05) is 63.2 Å². The number of unbranched alkanes of at least 4 members (excludes halogenated alkanes) is 1. The molecular formula is C39H45N3O7. The summed E-state index contributed by atoms with van der Waals surface area (Å²) in [5.74, 6) is 1.54. The number of Topliss-reactive ketones (excluding diaryl/α,β-unsaturated/α-hetero) is 2. The first kappa shape index (κ1) is 35.3. The van der Waals surface area contributed by atoms with Gasteiger partial charge in [0.1, 0.15) is 35.8 Å². The molecule has 2 atom stereocenters. The first-order valence-electron chi connectivity index (χ1n) is 17.0. The molecule has 0 fully saturated rings. The Bertz CT molecular complexity index is 1950. The average molecular weight is 668 g/mol. The van der Waals surface area contributed by atoms with E-state index in [4.69, 9.17) is 18.6 Å². The number of carbonyl (C=O) groups is 3. The van der Waals surface area contributed by atoms with Gasteiger partial charge in [-0.15, -0.1) is 0 Å². The minimum Gasteiger partial charge on any atom is -0.493 e. The Morgan fingerprint density at radius 1 is 0.939 bits per heavy atom. The number of amides is 1. The molecule has 2 aromatic heterocycles. The number of hydrogen-bond donors (Lipinski definition) is 1. The number of ether oxygens (including phenoxy) is 3. The van der Waals surface area contributed by atoms with Crippen molar-refractivity contribution in [1.82, 2.24) is 15.3 Å². The van der Waals surface area contributed by atoms with Gasteiger partial charge in [-0.3, -0.25) is 9.59 Å². The molecule has 10 nitrogen and oxygen atoms in total. The van der Waals surface area contributed by atoms with Gasteiger partial charge in [-0.2, -0.15) is 0 Å². The second kappa shape index (κ2) is 16.4. The highest BCUT2D eigenvalue weighted by atomic mass is 16.5. The normalized spacial score (nSPS) is 12.6. The smallest absolute Gasteiger partial charge is 0.220 e. The molecule has 5 aromatic rings. The maximum atomic E-state index is 13.4. The van der Waals surface area contributed by atoms with E-state index in [-0.39, 0.29) is 23.4 Å². The summed E-state index contributed by atoms with van der Waals surface area (Å²) in [4.78, 5) is 46.2. The van der Waals surface area contributed by atoms with Crippen LogP contribution in [0.15, 0.2) is 59.5 Å². The Hall–Kier alpha value is -4.99. The Balaban J connectivity index is 1.11. The van der Waals surface area contributed by atoms with Crippen molar-refractivity contribution in [2.45, 2.75) is 72.1 Å². The number of rotatable bonds is 18. The average Bonchev–Trinajstić information content (AvgIpc) is 3.53. The van der Waals surface area contributed by atoms with Crippen molar-refractivity contribution in [2.24, 2.45) is 5.92 Å². The van der Waals surface area contributed by atoms with E-state index in [2.05, 4.69) is 15.3 Å². The summed E-state index contributed by atoms with van der Waals surface area (Å²) >= 11 is 0. The van der Waals surface area contributed by atoms with Crippen molar-refractivity contribution in [2.75, 3.05) is 26.9 Å². The lowest BCUT2D eigenvalue weighted by molar-refractivity contribution is -0.124. The first-order chi connectivity index (χ1) is 23.7. The van der Waals surface area contributed by atoms with Crippen LogP contribution in [0.3, 0.4) is 0 Å². The molecule has 0 radical (unpaired) electrons. The number of benzene rings is 3. The van der Waals surface area contributed by atoms with Crippen molar-refractivity contribution in [3.05, 3.63) is 66.3 Å². The lowest BCUT2D eigenvalue weighted by Gasteiger charge is -2.18. The molecule has 2 heterocycles. The third kappa shape index (κ3) is 8.54. The zero-order chi connectivity index (χ0) is 34.9. The summed E-state index contributed by atoms with van der Waals surface area (Å²) in [5, 5.41) is 6.63. The van der Waals surface area contributed by atoms with Gasteiger partial charge in [-0.25, -0.2) is 9.97 Å². The van der Waals surface area contributed by atoms with Crippen molar-refractivity contribution < 1.29 is 33.0 Å². The number of carbonyl (C=O) groups excluding carboxylic acids is 3. The minimum atomic E-state index is -0.411. The molecule has 5 rings (SSSR count). The molecule has 0 aliphatic rings. The molecular weight excluding hydrogens is 622 g/mol. The van der Waals surface area contributed by atoms with Gasteiger partial charge in [-0.05, 0) is 80.6 Å². The van der Waals surface area contributed by atoms with Gasteiger partial charge in [0.25, 0.3) is 0 Å². The van der Waals surface area contributed by atoms with Crippen LogP contribution in [-0.2, 0) is 14.4 Å². The van der Waals surface area contributed by atoms with E-state index in [1.165, 1.54) is 6.33 Å². The molecule has 49 heavy (non-hydrogen) atoms. The molecule has 10 heteroatoms. The van der Waals surface area contributed by atoms with Crippen molar-refractivity contribution in [1.29, 1.82) is 0 Å². The Morgan fingerprint density at radius 2 is 1.78 bits per heavy atom. The highest BCUT2D eigenvalue weighted by Crippen LogP contribution is 2.38. The Morgan fingerprint density at radius 3 is 2.55 bits per heavy atom. The lowest BCUT2D eigenvalue weighted by Crippen LogP contribution is -2.27. The van der Waals surface area contributed by atoms with Crippen LogP contribution in [0.1, 0.15) is 76.5 Å². The molecule has 2 unspecified atom stereocenters. The van der Waals surface area contributed by atoms with E-state index < -0.39 is 5.92 Å². The fourth-order valence-electron chi connectivity index (χ4n) is 6.04. The highest BCUT2D eigenvalue weighted by molar-refractivity contribution is 6.09. The van der Waals surface area contributed by atoms with E-state index in [0.717, 1.165) is 44.7 Å². The summed E-state index contributed by atoms with van der Waals surface area (Å²) < 4.78 is 23.3. The van der Waals surface area contributed by atoms with Crippen molar-refractivity contribution >= 4 is 50.1 Å². The Labute approximate surface area is 286 Å². The number of hydrogen-bond acceptors (Lipinski definition) is 9. The minimum absolute atomic E-state index is 0.0423. The largest absolute Gasteiger partial charge is 0.493 e. The monoisotopic (exact) mass is 667 g/mol. The van der Waals surface area contributed by atoms with Crippen LogP contribution in [0.4, 0.5) is 0 Å². The molecule has 0 spiro atoms. The topological polar surface area (TPSA) is 130 Å². The predicted octanol–water partition coefficient (Wildman–Crippen LogP) is 7.66. The molecule has 0 saturated heterocycles. The number of methoxy groups -OCH3 is 1. The van der Waals surface area contributed by atoms with Crippen LogP contribution in [0.5, 0.6) is 17.2 Å². The molecule has 1 N–H and O–H groups in total. The van der Waals surface area contributed by atoms with Crippen LogP contribution in [-0.4, -0.2) is 54.3 Å². The molecule has 0 saturated carbocycles. The van der Waals surface area contributed by atoms with E-state index in [9.17, 15) is 14.4 Å². The zero-order valence-electron chi connectivity index (χ0n) is 29.0. The van der Waals surface area contributed by atoms with E-state index in [1.54, 1.807) is 20.3 Å². The Kier molecular flexibility index (Phi) is 11.8. The molecule has 258 valence electrons. The van der Waals surface area contributed by atoms with Gasteiger partial charge in [0, 0.05) is 52.8 Å². The lowest BCUT2D eigenvalue weighted by atomic mass is 9.83. The molecule has 0 aliphatic carbocycles. The second-order valence-corrected chi connectivity index (χ2v) is 12.5. The quantitative estimate of drug-likeness (QED) is 0.0936. The summed E-state index contributed by atoms with van der Waals surface area (Å²) in [5.41, 5.74) is 3.19.